The Hall–Kier alpha value is -1.36. The highest BCUT2D eigenvalue weighted by Gasteiger charge is 2.07. The summed E-state index contributed by atoms with van der Waals surface area (Å²) in [4.78, 5) is 8.23. The maximum Gasteiger partial charge on any atom is 0.134 e. The molecule has 0 aliphatic rings. The summed E-state index contributed by atoms with van der Waals surface area (Å²) in [6.45, 7) is 2.65. The molecule has 0 aliphatic heterocycles. The Bertz CT molecular complexity index is 290. The van der Waals surface area contributed by atoms with E-state index in [1.807, 2.05) is 14.0 Å². The number of anilines is 2. The molecular formula is C9H16N4O. The van der Waals surface area contributed by atoms with E-state index in [1.54, 1.807) is 0 Å². The lowest BCUT2D eigenvalue weighted by Crippen LogP contribution is -2.11. The second-order valence-electron chi connectivity index (χ2n) is 2.80. The Morgan fingerprint density at radius 1 is 1.36 bits per heavy atom. The Balaban J connectivity index is 2.90. The molecule has 0 saturated carbocycles. The molecule has 0 unspecified atom stereocenters. The van der Waals surface area contributed by atoms with Gasteiger partial charge in [0.15, 0.2) is 0 Å². The predicted octanol–water partition coefficient (Wildman–Crippen LogP) is 0.485. The van der Waals surface area contributed by atoms with E-state index in [1.165, 1.54) is 6.33 Å². The summed E-state index contributed by atoms with van der Waals surface area (Å²) < 4.78 is 0. The molecule has 0 aliphatic carbocycles. The number of aromatic nitrogens is 2. The van der Waals surface area contributed by atoms with Gasteiger partial charge in [-0.25, -0.2) is 9.97 Å². The monoisotopic (exact) mass is 196 g/mol. The third kappa shape index (κ3) is 2.32. The quantitative estimate of drug-likeness (QED) is 0.639. The number of nitrogens with one attached hydrogen (secondary N) is 2. The van der Waals surface area contributed by atoms with Crippen molar-refractivity contribution in [1.29, 1.82) is 0 Å². The van der Waals surface area contributed by atoms with Gasteiger partial charge in [0.25, 0.3) is 0 Å². The molecule has 3 N–H and O–H groups in total. The van der Waals surface area contributed by atoms with Crippen LogP contribution in [-0.4, -0.2) is 35.3 Å². The summed E-state index contributed by atoms with van der Waals surface area (Å²) in [6.07, 6.45) is 2.36. The average Bonchev–Trinajstić information content (AvgIpc) is 2.25. The molecule has 78 valence electrons. The molecule has 0 saturated heterocycles. The second-order valence-corrected chi connectivity index (χ2v) is 2.80. The minimum Gasteiger partial charge on any atom is -0.395 e. The first-order valence-electron chi connectivity index (χ1n) is 4.69. The molecule has 1 aromatic heterocycles. The summed E-state index contributed by atoms with van der Waals surface area (Å²) in [7, 11) is 1.83. The number of nitrogens with zero attached hydrogens (tertiary/aromatic N) is 2. The molecule has 1 heterocycles. The highest BCUT2D eigenvalue weighted by Crippen LogP contribution is 2.19. The van der Waals surface area contributed by atoms with Crippen molar-refractivity contribution in [3.63, 3.8) is 0 Å². The topological polar surface area (TPSA) is 70.1 Å². The third-order valence-corrected chi connectivity index (χ3v) is 1.94. The lowest BCUT2D eigenvalue weighted by molar-refractivity contribution is 0.311. The van der Waals surface area contributed by atoms with Gasteiger partial charge in [-0.05, 0) is 6.42 Å². The summed E-state index contributed by atoms with van der Waals surface area (Å²) in [5, 5.41) is 14.8. The van der Waals surface area contributed by atoms with Crippen LogP contribution < -0.4 is 10.6 Å². The van der Waals surface area contributed by atoms with Gasteiger partial charge in [-0.1, -0.05) is 6.92 Å². The zero-order valence-corrected chi connectivity index (χ0v) is 8.54. The summed E-state index contributed by atoms with van der Waals surface area (Å²) in [5.41, 5.74) is 1.04. The number of hydrogen-bond donors (Lipinski definition) is 3. The fourth-order valence-electron chi connectivity index (χ4n) is 1.29. The molecule has 1 aromatic rings. The largest absolute Gasteiger partial charge is 0.395 e. The Morgan fingerprint density at radius 2 is 2.07 bits per heavy atom. The zero-order chi connectivity index (χ0) is 10.4. The van der Waals surface area contributed by atoms with Gasteiger partial charge in [0, 0.05) is 19.2 Å². The van der Waals surface area contributed by atoms with Crippen LogP contribution in [-0.2, 0) is 6.42 Å². The summed E-state index contributed by atoms with van der Waals surface area (Å²) in [6, 6.07) is 0. The van der Waals surface area contributed by atoms with Crippen LogP contribution in [0.3, 0.4) is 0 Å². The fourth-order valence-corrected chi connectivity index (χ4v) is 1.29. The second kappa shape index (κ2) is 5.39. The van der Waals surface area contributed by atoms with Gasteiger partial charge in [-0.2, -0.15) is 0 Å². The molecule has 14 heavy (non-hydrogen) atoms. The standard InChI is InChI=1S/C9H16N4O/c1-3-7-8(10-2)12-6-13-9(7)11-4-5-14/h6,14H,3-5H2,1-2H3,(H2,10,11,12,13). The van der Waals surface area contributed by atoms with Crippen molar-refractivity contribution in [2.75, 3.05) is 30.8 Å². The Kier molecular flexibility index (Phi) is 4.12. The van der Waals surface area contributed by atoms with Gasteiger partial charge in [0.05, 0.1) is 6.61 Å². The van der Waals surface area contributed by atoms with Crippen LogP contribution in [0.4, 0.5) is 11.6 Å². The zero-order valence-electron chi connectivity index (χ0n) is 8.54. The molecule has 0 bridgehead atoms. The highest BCUT2D eigenvalue weighted by atomic mass is 16.3. The van der Waals surface area contributed by atoms with Gasteiger partial charge < -0.3 is 15.7 Å². The molecule has 1 rings (SSSR count). The van der Waals surface area contributed by atoms with Gasteiger partial charge in [-0.15, -0.1) is 0 Å². The van der Waals surface area contributed by atoms with Crippen LogP contribution in [0.2, 0.25) is 0 Å². The van der Waals surface area contributed by atoms with Crippen LogP contribution in [0.15, 0.2) is 6.33 Å². The maximum absolute atomic E-state index is 8.70. The molecule has 0 spiro atoms. The van der Waals surface area contributed by atoms with Crippen LogP contribution in [0.1, 0.15) is 12.5 Å². The molecule has 0 amide bonds. The van der Waals surface area contributed by atoms with E-state index in [4.69, 9.17) is 5.11 Å². The number of aliphatic hydroxyl groups excluding tert-OH is 1. The van der Waals surface area contributed by atoms with Crippen LogP contribution in [0.5, 0.6) is 0 Å². The first-order valence-corrected chi connectivity index (χ1v) is 4.69. The van der Waals surface area contributed by atoms with E-state index < -0.39 is 0 Å². The lowest BCUT2D eigenvalue weighted by Gasteiger charge is -2.11. The molecular weight excluding hydrogens is 180 g/mol. The van der Waals surface area contributed by atoms with Gasteiger partial charge >= 0.3 is 0 Å². The van der Waals surface area contributed by atoms with Crippen molar-refractivity contribution in [3.8, 4) is 0 Å². The maximum atomic E-state index is 8.70. The van der Waals surface area contributed by atoms with E-state index in [0.717, 1.165) is 23.6 Å². The highest BCUT2D eigenvalue weighted by molar-refractivity contribution is 5.56. The lowest BCUT2D eigenvalue weighted by atomic mass is 10.2. The SMILES string of the molecule is CCc1c(NC)ncnc1NCCO. The summed E-state index contributed by atoms with van der Waals surface area (Å²) in [5.74, 6) is 1.63. The minimum atomic E-state index is 0.0993. The van der Waals surface area contributed by atoms with Crippen molar-refractivity contribution >= 4 is 11.6 Å². The van der Waals surface area contributed by atoms with Gasteiger partial charge in [0.1, 0.15) is 18.0 Å². The molecule has 5 nitrogen and oxygen atoms in total. The average molecular weight is 196 g/mol. The normalized spacial score (nSPS) is 9.93. The molecule has 0 atom stereocenters. The van der Waals surface area contributed by atoms with Crippen LogP contribution in [0.25, 0.3) is 0 Å². The smallest absolute Gasteiger partial charge is 0.134 e. The van der Waals surface area contributed by atoms with Gasteiger partial charge in [0.2, 0.25) is 0 Å². The molecule has 0 fully saturated rings. The van der Waals surface area contributed by atoms with Crippen LogP contribution in [0, 0.1) is 0 Å². The van der Waals surface area contributed by atoms with Gasteiger partial charge in [-0.3, -0.25) is 0 Å². The van der Waals surface area contributed by atoms with Crippen molar-refractivity contribution in [3.05, 3.63) is 11.9 Å². The molecule has 0 radical (unpaired) electrons. The molecule has 0 aromatic carbocycles. The van der Waals surface area contributed by atoms with E-state index in [9.17, 15) is 0 Å². The number of hydrogen-bond acceptors (Lipinski definition) is 5. The van der Waals surface area contributed by atoms with E-state index in [2.05, 4.69) is 20.6 Å². The van der Waals surface area contributed by atoms with Crippen LogP contribution >= 0.6 is 0 Å². The first kappa shape index (κ1) is 10.7. The minimum absolute atomic E-state index is 0.0993. The number of aliphatic hydroxyl groups is 1. The fraction of sp³-hybridized carbons (Fsp3) is 0.556. The van der Waals surface area contributed by atoms with Crippen molar-refractivity contribution < 1.29 is 5.11 Å². The van der Waals surface area contributed by atoms with E-state index in [0.29, 0.717) is 6.54 Å². The Labute approximate surface area is 83.6 Å². The van der Waals surface area contributed by atoms with Crippen molar-refractivity contribution in [2.24, 2.45) is 0 Å². The summed E-state index contributed by atoms with van der Waals surface area (Å²) >= 11 is 0. The Morgan fingerprint density at radius 3 is 2.64 bits per heavy atom. The predicted molar refractivity (Wildman–Crippen MR) is 56.5 cm³/mol. The third-order valence-electron chi connectivity index (χ3n) is 1.94. The molecule has 5 heteroatoms. The first-order chi connectivity index (χ1) is 6.83. The van der Waals surface area contributed by atoms with E-state index in [-0.39, 0.29) is 6.61 Å². The van der Waals surface area contributed by atoms with E-state index >= 15 is 0 Å². The van der Waals surface area contributed by atoms with Crippen molar-refractivity contribution in [2.45, 2.75) is 13.3 Å². The number of rotatable bonds is 5. The van der Waals surface area contributed by atoms with Crippen molar-refractivity contribution in [1.82, 2.24) is 9.97 Å².